The van der Waals surface area contributed by atoms with Crippen LogP contribution < -0.4 is 10.1 Å². The number of rotatable bonds is 13. The Morgan fingerprint density at radius 3 is 2.58 bits per heavy atom. The van der Waals surface area contributed by atoms with Gasteiger partial charge in [0.1, 0.15) is 11.3 Å². The smallest absolute Gasteiger partial charge is 0.387 e. The average Bonchev–Trinajstić information content (AvgIpc) is 3.93. The summed E-state index contributed by atoms with van der Waals surface area (Å²) in [5, 5.41) is 3.36. The molecule has 2 saturated carbocycles. The van der Waals surface area contributed by atoms with E-state index in [1.54, 1.807) is 6.07 Å². The molecule has 0 atom stereocenters. The number of carbonyl (C=O) groups is 2. The third-order valence-corrected chi connectivity index (χ3v) is 12.7. The standard InChI is InChI=1S/C42H44ClF2N5O5/c1-25-27(7-4-8-28(25)39-48-31-19-26(22-51)34(55-40(44)45)20-35(31)54-39)29-9-5-10-30(36(29)43)47-38(52)37-46-32-21-50(18-11-33(32)49(37)2)17-6-12-41-13-15-42(23-41,16-14-41)24-53-3/h4-5,7-10,19-20,22,40H,6,11-18,21,23-24H2,1-3H3,(H,47,52). The molecular weight excluding hydrogens is 728 g/mol. The van der Waals surface area contributed by atoms with Gasteiger partial charge in [-0.05, 0) is 98.6 Å². The van der Waals surface area contributed by atoms with Crippen LogP contribution in [0.1, 0.15) is 82.9 Å². The molecule has 3 aromatic carbocycles. The molecule has 0 radical (unpaired) electrons. The Hall–Kier alpha value is -4.65. The summed E-state index contributed by atoms with van der Waals surface area (Å²) in [5.74, 6) is -0.0652. The van der Waals surface area contributed by atoms with Crippen molar-refractivity contribution in [3.63, 3.8) is 0 Å². The minimum atomic E-state index is -3.10. The summed E-state index contributed by atoms with van der Waals surface area (Å²) >= 11 is 7.00. The quantitative estimate of drug-likeness (QED) is 0.118. The second-order valence-electron chi connectivity index (χ2n) is 15.6. The van der Waals surface area contributed by atoms with E-state index in [9.17, 15) is 18.4 Å². The van der Waals surface area contributed by atoms with E-state index in [-0.39, 0.29) is 28.7 Å². The van der Waals surface area contributed by atoms with Crippen LogP contribution in [0.5, 0.6) is 5.75 Å². The molecule has 2 fully saturated rings. The van der Waals surface area contributed by atoms with E-state index in [2.05, 4.69) is 19.9 Å². The first-order chi connectivity index (χ1) is 26.5. The lowest BCUT2D eigenvalue weighted by atomic mass is 9.79. The number of alkyl halides is 2. The van der Waals surface area contributed by atoms with Gasteiger partial charge in [-0.15, -0.1) is 0 Å². The van der Waals surface area contributed by atoms with Gasteiger partial charge in [-0.25, -0.2) is 9.97 Å². The highest BCUT2D eigenvalue weighted by molar-refractivity contribution is 6.36. The average molecular weight is 772 g/mol. The number of hydrogen-bond acceptors (Lipinski definition) is 8. The summed E-state index contributed by atoms with van der Waals surface area (Å²) in [4.78, 5) is 37.1. The number of aromatic nitrogens is 3. The van der Waals surface area contributed by atoms with Gasteiger partial charge in [-0.1, -0.05) is 35.9 Å². The van der Waals surface area contributed by atoms with E-state index in [4.69, 9.17) is 25.7 Å². The lowest BCUT2D eigenvalue weighted by Crippen LogP contribution is -2.32. The fourth-order valence-corrected chi connectivity index (χ4v) is 9.78. The molecule has 3 aliphatic rings. The van der Waals surface area contributed by atoms with Crippen molar-refractivity contribution in [2.45, 2.75) is 71.4 Å². The summed E-state index contributed by atoms with van der Waals surface area (Å²) in [6.07, 6.45) is 10.3. The Bertz CT molecular complexity index is 2280. The molecule has 0 unspecified atom stereocenters. The maximum atomic E-state index is 13.7. The predicted octanol–water partition coefficient (Wildman–Crippen LogP) is 9.26. The van der Waals surface area contributed by atoms with Gasteiger partial charge in [0.05, 0.1) is 28.6 Å². The highest BCUT2D eigenvalue weighted by Crippen LogP contribution is 2.63. The molecular formula is C42H44ClF2N5O5. The zero-order valence-corrected chi connectivity index (χ0v) is 32.0. The molecule has 1 N–H and O–H groups in total. The molecule has 1 aliphatic heterocycles. The highest BCUT2D eigenvalue weighted by Gasteiger charge is 2.53. The SMILES string of the molecule is COCC12CCC(CCCN3CCc4c(nc(C(=O)Nc5cccc(-c6cccc(-c7nc8cc(C=O)c(OC(F)F)cc8o7)c6C)c5Cl)n4C)C3)(CC1)C2. The number of carbonyl (C=O) groups excluding carboxylic acids is 2. The van der Waals surface area contributed by atoms with Crippen LogP contribution in [0.4, 0.5) is 14.5 Å². The van der Waals surface area contributed by atoms with Crippen LogP contribution in [0.25, 0.3) is 33.7 Å². The van der Waals surface area contributed by atoms with Gasteiger partial charge >= 0.3 is 6.61 Å². The third kappa shape index (κ3) is 7.04. The normalized spacial score (nSPS) is 20.7. The topological polar surface area (TPSA) is 112 Å². The highest BCUT2D eigenvalue weighted by atomic mass is 35.5. The molecule has 2 aliphatic carbocycles. The number of hydrogen-bond donors (Lipinski definition) is 1. The summed E-state index contributed by atoms with van der Waals surface area (Å²) in [6, 6.07) is 13.6. The minimum absolute atomic E-state index is 0.0654. The number of benzene rings is 3. The van der Waals surface area contributed by atoms with Crippen LogP contribution in [-0.4, -0.2) is 65.0 Å². The van der Waals surface area contributed by atoms with Gasteiger partial charge < -0.3 is 23.8 Å². The van der Waals surface area contributed by atoms with Crippen molar-refractivity contribution in [3.05, 3.63) is 81.9 Å². The van der Waals surface area contributed by atoms with Crippen molar-refractivity contribution < 1.29 is 32.3 Å². The van der Waals surface area contributed by atoms with Crippen molar-refractivity contribution in [2.75, 3.05) is 32.1 Å². The molecule has 0 saturated heterocycles. The Labute approximate surface area is 323 Å². The largest absolute Gasteiger partial charge is 0.436 e. The van der Waals surface area contributed by atoms with Crippen molar-refractivity contribution in [3.8, 4) is 28.3 Å². The third-order valence-electron chi connectivity index (χ3n) is 12.3. The number of oxazole rings is 1. The van der Waals surface area contributed by atoms with Gasteiger partial charge in [-0.2, -0.15) is 8.78 Å². The predicted molar refractivity (Wildman–Crippen MR) is 206 cm³/mol. The molecule has 288 valence electrons. The van der Waals surface area contributed by atoms with Gasteiger partial charge in [-0.3, -0.25) is 14.5 Å². The van der Waals surface area contributed by atoms with Crippen LogP contribution >= 0.6 is 11.6 Å². The maximum absolute atomic E-state index is 13.7. The first-order valence-electron chi connectivity index (χ1n) is 18.8. The van der Waals surface area contributed by atoms with E-state index in [0.717, 1.165) is 55.2 Å². The molecule has 2 bridgehead atoms. The summed E-state index contributed by atoms with van der Waals surface area (Å²) in [5.41, 5.74) is 6.70. The molecule has 8 rings (SSSR count). The minimum Gasteiger partial charge on any atom is -0.436 e. The van der Waals surface area contributed by atoms with Gasteiger partial charge in [0, 0.05) is 56.6 Å². The van der Waals surface area contributed by atoms with Gasteiger partial charge in [0.2, 0.25) is 5.89 Å². The Balaban J connectivity index is 0.960. The van der Waals surface area contributed by atoms with Crippen molar-refractivity contribution >= 4 is 40.6 Å². The number of ether oxygens (including phenoxy) is 2. The number of fused-ring (bicyclic) bond motifs is 4. The van der Waals surface area contributed by atoms with Crippen LogP contribution in [-0.2, 0) is 24.8 Å². The molecule has 13 heteroatoms. The summed E-state index contributed by atoms with van der Waals surface area (Å²) in [6.45, 7) is 2.39. The monoisotopic (exact) mass is 771 g/mol. The molecule has 10 nitrogen and oxygen atoms in total. The maximum Gasteiger partial charge on any atom is 0.387 e. The second-order valence-corrected chi connectivity index (χ2v) is 16.0. The second kappa shape index (κ2) is 14.8. The van der Waals surface area contributed by atoms with E-state index in [1.165, 1.54) is 57.1 Å². The number of methoxy groups -OCH3 is 1. The Kier molecular flexibility index (Phi) is 10.0. The number of amides is 1. The van der Waals surface area contributed by atoms with E-state index in [0.29, 0.717) is 50.3 Å². The zero-order valence-electron chi connectivity index (χ0n) is 31.2. The number of halogens is 3. The lowest BCUT2D eigenvalue weighted by molar-refractivity contribution is -0.0500. The van der Waals surface area contributed by atoms with Crippen LogP contribution in [0.15, 0.2) is 52.9 Å². The number of aldehydes is 1. The number of anilines is 1. The lowest BCUT2D eigenvalue weighted by Gasteiger charge is -2.30. The molecule has 5 aromatic rings. The number of imidazole rings is 1. The van der Waals surface area contributed by atoms with E-state index in [1.807, 2.05) is 56.0 Å². The van der Waals surface area contributed by atoms with Crippen molar-refractivity contribution in [2.24, 2.45) is 17.9 Å². The van der Waals surface area contributed by atoms with E-state index >= 15 is 0 Å². The van der Waals surface area contributed by atoms with Crippen LogP contribution in [0, 0.1) is 17.8 Å². The molecule has 2 aromatic heterocycles. The van der Waals surface area contributed by atoms with Crippen LogP contribution in [0.2, 0.25) is 5.02 Å². The number of nitrogens with zero attached hydrogens (tertiary/aromatic N) is 4. The van der Waals surface area contributed by atoms with Gasteiger partial charge in [0.25, 0.3) is 5.91 Å². The summed E-state index contributed by atoms with van der Waals surface area (Å²) < 4.78 is 43.8. The Morgan fingerprint density at radius 1 is 1.07 bits per heavy atom. The molecule has 55 heavy (non-hydrogen) atoms. The zero-order chi connectivity index (χ0) is 38.5. The first-order valence-corrected chi connectivity index (χ1v) is 19.2. The molecule has 0 spiro atoms. The first kappa shape index (κ1) is 37.3. The van der Waals surface area contributed by atoms with Crippen LogP contribution in [0.3, 0.4) is 0 Å². The molecule has 1 amide bonds. The fourth-order valence-electron chi connectivity index (χ4n) is 9.50. The summed E-state index contributed by atoms with van der Waals surface area (Å²) in [7, 11) is 3.73. The Morgan fingerprint density at radius 2 is 1.82 bits per heavy atom. The van der Waals surface area contributed by atoms with E-state index < -0.39 is 6.61 Å². The number of nitrogens with one attached hydrogen (secondary N) is 1. The van der Waals surface area contributed by atoms with Crippen molar-refractivity contribution in [1.82, 2.24) is 19.4 Å². The van der Waals surface area contributed by atoms with Crippen molar-refractivity contribution in [1.29, 1.82) is 0 Å². The fraction of sp³-hybridized carbons (Fsp3) is 0.429. The molecule has 3 heterocycles. The van der Waals surface area contributed by atoms with Gasteiger partial charge in [0.15, 0.2) is 17.7 Å².